The molecule has 1 aromatic rings. The lowest BCUT2D eigenvalue weighted by molar-refractivity contribution is -0.145. The third-order valence-electron chi connectivity index (χ3n) is 4.17. The fraction of sp³-hybridized carbons (Fsp3) is 0.333. The quantitative estimate of drug-likeness (QED) is 0.450. The summed E-state index contributed by atoms with van der Waals surface area (Å²) < 4.78 is 5.40. The Balaban J connectivity index is 2.17. The van der Waals surface area contributed by atoms with E-state index in [4.69, 9.17) is 9.94 Å². The molecule has 0 radical (unpaired) electrons. The number of rotatable bonds is 6. The van der Waals surface area contributed by atoms with Gasteiger partial charge >= 0.3 is 0 Å². The lowest BCUT2D eigenvalue weighted by Gasteiger charge is -2.31. The Kier molecular flexibility index (Phi) is 6.08. The standard InChI is InChI=1S/C18H22N2O5/c1-12(21)15(16(22)20-24)19-17(23)18(25-2)10-8-14(9-11-18)13-6-4-3-5-7-13/h3-10,12,15,21,24H,11H2,1-2H3,(H,19,23)(H,20,22)/t12-,15+,18?/m1/s1. The number of aliphatic hydroxyl groups excluding tert-OH is 1. The third-order valence-corrected chi connectivity index (χ3v) is 4.17. The van der Waals surface area contributed by atoms with Crippen molar-refractivity contribution in [1.82, 2.24) is 10.8 Å². The van der Waals surface area contributed by atoms with Crippen molar-refractivity contribution in [1.29, 1.82) is 0 Å². The van der Waals surface area contributed by atoms with Crippen LogP contribution >= 0.6 is 0 Å². The first-order valence-electron chi connectivity index (χ1n) is 7.86. The number of ether oxygens (including phenoxy) is 1. The lowest BCUT2D eigenvalue weighted by Crippen LogP contribution is -2.57. The Morgan fingerprint density at radius 2 is 1.96 bits per heavy atom. The van der Waals surface area contributed by atoms with E-state index < -0.39 is 29.6 Å². The number of hydrogen-bond acceptors (Lipinski definition) is 5. The molecular formula is C18H22N2O5. The average molecular weight is 346 g/mol. The first kappa shape index (κ1) is 18.9. The van der Waals surface area contributed by atoms with Gasteiger partial charge in [-0.3, -0.25) is 14.8 Å². The molecule has 1 unspecified atom stereocenters. The Labute approximate surface area is 146 Å². The highest BCUT2D eigenvalue weighted by Crippen LogP contribution is 2.29. The minimum atomic E-state index is -1.29. The van der Waals surface area contributed by atoms with Gasteiger partial charge in [-0.2, -0.15) is 0 Å². The van der Waals surface area contributed by atoms with E-state index in [1.165, 1.54) is 19.5 Å². The number of allylic oxidation sites excluding steroid dienone is 2. The summed E-state index contributed by atoms with van der Waals surface area (Å²) >= 11 is 0. The van der Waals surface area contributed by atoms with Gasteiger partial charge in [0.05, 0.1) is 6.10 Å². The number of hydrogen-bond donors (Lipinski definition) is 4. The second kappa shape index (κ2) is 8.06. The summed E-state index contributed by atoms with van der Waals surface area (Å²) in [6, 6.07) is 8.41. The average Bonchev–Trinajstić information content (AvgIpc) is 2.65. The summed E-state index contributed by atoms with van der Waals surface area (Å²) in [4.78, 5) is 24.2. The van der Waals surface area contributed by atoms with Gasteiger partial charge in [-0.05, 0) is 24.1 Å². The van der Waals surface area contributed by atoms with Crippen LogP contribution in [-0.2, 0) is 14.3 Å². The predicted octanol–water partition coefficient (Wildman–Crippen LogP) is 0.786. The highest BCUT2D eigenvalue weighted by Gasteiger charge is 2.39. The van der Waals surface area contributed by atoms with E-state index in [9.17, 15) is 14.7 Å². The van der Waals surface area contributed by atoms with E-state index in [1.54, 1.807) is 12.2 Å². The zero-order chi connectivity index (χ0) is 18.4. The zero-order valence-corrected chi connectivity index (χ0v) is 14.1. The van der Waals surface area contributed by atoms with Gasteiger partial charge in [-0.15, -0.1) is 0 Å². The molecule has 0 heterocycles. The monoisotopic (exact) mass is 346 g/mol. The van der Waals surface area contributed by atoms with E-state index in [0.717, 1.165) is 11.1 Å². The summed E-state index contributed by atoms with van der Waals surface area (Å²) in [5.74, 6) is -1.49. The molecule has 1 aromatic carbocycles. The number of nitrogens with one attached hydrogen (secondary N) is 2. The number of carbonyl (C=O) groups excluding carboxylic acids is 2. The van der Waals surface area contributed by atoms with Crippen LogP contribution in [0, 0.1) is 0 Å². The number of methoxy groups -OCH3 is 1. The van der Waals surface area contributed by atoms with Crippen LogP contribution in [0.25, 0.3) is 5.57 Å². The van der Waals surface area contributed by atoms with E-state index in [2.05, 4.69) is 5.32 Å². The molecule has 134 valence electrons. The molecule has 1 aliphatic carbocycles. The van der Waals surface area contributed by atoms with Crippen molar-refractivity contribution in [2.24, 2.45) is 0 Å². The number of aliphatic hydroxyl groups is 1. The van der Waals surface area contributed by atoms with Gasteiger partial charge in [0.25, 0.3) is 11.8 Å². The largest absolute Gasteiger partial charge is 0.391 e. The molecule has 25 heavy (non-hydrogen) atoms. The Morgan fingerprint density at radius 3 is 2.44 bits per heavy atom. The van der Waals surface area contributed by atoms with Crippen molar-refractivity contribution in [3.63, 3.8) is 0 Å². The second-order valence-corrected chi connectivity index (χ2v) is 5.82. The first-order valence-corrected chi connectivity index (χ1v) is 7.86. The number of benzene rings is 1. The van der Waals surface area contributed by atoms with Gasteiger partial charge < -0.3 is 15.2 Å². The van der Waals surface area contributed by atoms with Crippen LogP contribution in [0.15, 0.2) is 48.6 Å². The van der Waals surface area contributed by atoms with Crippen molar-refractivity contribution >= 4 is 17.4 Å². The minimum Gasteiger partial charge on any atom is -0.391 e. The van der Waals surface area contributed by atoms with Crippen molar-refractivity contribution < 1.29 is 24.6 Å². The molecular weight excluding hydrogens is 324 g/mol. The second-order valence-electron chi connectivity index (χ2n) is 5.82. The topological polar surface area (TPSA) is 108 Å². The predicted molar refractivity (Wildman–Crippen MR) is 91.5 cm³/mol. The molecule has 0 aromatic heterocycles. The molecule has 0 bridgehead atoms. The first-order chi connectivity index (χ1) is 11.9. The van der Waals surface area contributed by atoms with Crippen LogP contribution < -0.4 is 10.8 Å². The summed E-state index contributed by atoms with van der Waals surface area (Å²) in [7, 11) is 1.40. The molecule has 0 aliphatic heterocycles. The van der Waals surface area contributed by atoms with Crippen LogP contribution in [0.2, 0.25) is 0 Å². The molecule has 0 fully saturated rings. The van der Waals surface area contributed by atoms with E-state index >= 15 is 0 Å². The van der Waals surface area contributed by atoms with E-state index in [0.29, 0.717) is 0 Å². The number of hydroxylamine groups is 1. The normalized spacial score (nSPS) is 21.8. The lowest BCUT2D eigenvalue weighted by atomic mass is 9.88. The molecule has 2 rings (SSSR count). The molecule has 7 nitrogen and oxygen atoms in total. The smallest absolute Gasteiger partial charge is 0.268 e. The third kappa shape index (κ3) is 4.14. The fourth-order valence-corrected chi connectivity index (χ4v) is 2.62. The zero-order valence-electron chi connectivity index (χ0n) is 14.1. The van der Waals surface area contributed by atoms with Gasteiger partial charge in [-0.25, -0.2) is 5.48 Å². The highest BCUT2D eigenvalue weighted by atomic mass is 16.5. The van der Waals surface area contributed by atoms with Crippen LogP contribution in [0.3, 0.4) is 0 Å². The number of amides is 2. The van der Waals surface area contributed by atoms with Crippen LogP contribution in [0.5, 0.6) is 0 Å². The molecule has 4 N–H and O–H groups in total. The Morgan fingerprint density at radius 1 is 1.28 bits per heavy atom. The summed E-state index contributed by atoms with van der Waals surface area (Å²) in [6.07, 6.45) is 4.37. The Hall–Kier alpha value is -2.48. The van der Waals surface area contributed by atoms with Crippen molar-refractivity contribution in [2.75, 3.05) is 7.11 Å². The molecule has 1 aliphatic rings. The van der Waals surface area contributed by atoms with E-state index in [1.807, 2.05) is 36.4 Å². The Bertz CT molecular complexity index is 684. The fourth-order valence-electron chi connectivity index (χ4n) is 2.62. The summed E-state index contributed by atoms with van der Waals surface area (Å²) in [5.41, 5.74) is 2.12. The van der Waals surface area contributed by atoms with E-state index in [-0.39, 0.29) is 6.42 Å². The van der Waals surface area contributed by atoms with Gasteiger partial charge in [-0.1, -0.05) is 42.5 Å². The summed E-state index contributed by atoms with van der Waals surface area (Å²) in [6.45, 7) is 1.34. The SMILES string of the molecule is COC1(C(=O)N[C@H](C(=O)NO)[C@@H](C)O)C=CC(c2ccccc2)=CC1. The van der Waals surface area contributed by atoms with Gasteiger partial charge in [0.2, 0.25) is 0 Å². The van der Waals surface area contributed by atoms with Crippen molar-refractivity contribution in [2.45, 2.75) is 31.1 Å². The van der Waals surface area contributed by atoms with Crippen LogP contribution in [0.4, 0.5) is 0 Å². The molecule has 0 spiro atoms. The maximum absolute atomic E-state index is 12.6. The number of carbonyl (C=O) groups is 2. The molecule has 7 heteroatoms. The van der Waals surface area contributed by atoms with Gasteiger partial charge in [0.1, 0.15) is 6.04 Å². The summed E-state index contributed by atoms with van der Waals surface area (Å²) in [5, 5.41) is 20.8. The van der Waals surface area contributed by atoms with Gasteiger partial charge in [0, 0.05) is 13.5 Å². The molecule has 0 saturated heterocycles. The van der Waals surface area contributed by atoms with Crippen molar-refractivity contribution in [3.05, 3.63) is 54.1 Å². The highest BCUT2D eigenvalue weighted by molar-refractivity contribution is 5.94. The molecule has 0 saturated carbocycles. The molecule has 3 atom stereocenters. The minimum absolute atomic E-state index is 0.267. The maximum Gasteiger partial charge on any atom is 0.268 e. The van der Waals surface area contributed by atoms with Crippen LogP contribution in [0.1, 0.15) is 18.9 Å². The van der Waals surface area contributed by atoms with Crippen molar-refractivity contribution in [3.8, 4) is 0 Å². The molecule has 2 amide bonds. The van der Waals surface area contributed by atoms with Gasteiger partial charge in [0.15, 0.2) is 5.60 Å². The van der Waals surface area contributed by atoms with Crippen LogP contribution in [-0.4, -0.2) is 47.0 Å². The maximum atomic E-state index is 12.6.